The third-order valence-electron chi connectivity index (χ3n) is 5.71. The van der Waals surface area contributed by atoms with Gasteiger partial charge in [-0.25, -0.2) is 4.79 Å². The molecule has 0 amide bonds. The van der Waals surface area contributed by atoms with Gasteiger partial charge in [-0.05, 0) is 42.3 Å². The fraction of sp³-hybridized carbons (Fsp3) is 0.0690. The van der Waals surface area contributed by atoms with Crippen molar-refractivity contribution in [1.82, 2.24) is 0 Å². The van der Waals surface area contributed by atoms with Crippen LogP contribution in [0.4, 0.5) is 0 Å². The molecule has 4 aromatic rings. The highest BCUT2D eigenvalue weighted by molar-refractivity contribution is 5.98. The van der Waals surface area contributed by atoms with Gasteiger partial charge in [0.1, 0.15) is 11.2 Å². The highest BCUT2D eigenvalue weighted by Gasteiger charge is 2.52. The summed E-state index contributed by atoms with van der Waals surface area (Å²) in [5.74, 6) is 6.62. The minimum Gasteiger partial charge on any atom is -0.425 e. The molecular weight excluding hydrogens is 380 g/mol. The standard InChI is InChI=1S/C29H20O2/c1-21-12-17-25(18-13-21)29(24-10-6-3-7-11-24)26-19-16-23(20-27(26)31-28(29)30)15-14-22-8-4-2-5-9-22/h2-13,16-20H,1H3. The molecule has 0 radical (unpaired) electrons. The second-order valence-corrected chi connectivity index (χ2v) is 7.70. The summed E-state index contributed by atoms with van der Waals surface area (Å²) >= 11 is 0. The molecule has 2 nitrogen and oxygen atoms in total. The van der Waals surface area contributed by atoms with Crippen molar-refractivity contribution in [2.75, 3.05) is 0 Å². The second kappa shape index (κ2) is 7.63. The number of benzene rings is 4. The molecule has 0 aliphatic carbocycles. The highest BCUT2D eigenvalue weighted by atomic mass is 16.5. The van der Waals surface area contributed by atoms with Gasteiger partial charge < -0.3 is 4.74 Å². The van der Waals surface area contributed by atoms with Gasteiger partial charge in [-0.3, -0.25) is 0 Å². The summed E-state index contributed by atoms with van der Waals surface area (Å²) in [4.78, 5) is 13.5. The lowest BCUT2D eigenvalue weighted by atomic mass is 9.70. The molecular formula is C29H20O2. The Bertz CT molecular complexity index is 1310. The molecule has 0 N–H and O–H groups in total. The van der Waals surface area contributed by atoms with Crippen LogP contribution < -0.4 is 4.74 Å². The maximum atomic E-state index is 13.5. The van der Waals surface area contributed by atoms with Crippen LogP contribution in [0.5, 0.6) is 5.75 Å². The first-order valence-electron chi connectivity index (χ1n) is 10.2. The molecule has 0 saturated heterocycles. The van der Waals surface area contributed by atoms with E-state index in [-0.39, 0.29) is 5.97 Å². The van der Waals surface area contributed by atoms with Crippen LogP contribution in [-0.4, -0.2) is 5.97 Å². The van der Waals surface area contributed by atoms with Gasteiger partial charge in [-0.2, -0.15) is 0 Å². The normalized spacial score (nSPS) is 16.7. The average molecular weight is 400 g/mol. The lowest BCUT2D eigenvalue weighted by Gasteiger charge is -2.27. The number of hydrogen-bond donors (Lipinski definition) is 0. The Morgan fingerprint density at radius 1 is 0.677 bits per heavy atom. The van der Waals surface area contributed by atoms with Crippen molar-refractivity contribution in [2.24, 2.45) is 0 Å². The van der Waals surface area contributed by atoms with E-state index in [4.69, 9.17) is 4.74 Å². The van der Waals surface area contributed by atoms with Crippen LogP contribution in [0.3, 0.4) is 0 Å². The Kier molecular flexibility index (Phi) is 4.65. The van der Waals surface area contributed by atoms with Crippen LogP contribution in [0.1, 0.15) is 33.4 Å². The Morgan fingerprint density at radius 2 is 1.29 bits per heavy atom. The van der Waals surface area contributed by atoms with E-state index >= 15 is 0 Å². The van der Waals surface area contributed by atoms with E-state index in [9.17, 15) is 4.79 Å². The largest absolute Gasteiger partial charge is 0.425 e. The van der Waals surface area contributed by atoms with Gasteiger partial charge in [0, 0.05) is 16.7 Å². The van der Waals surface area contributed by atoms with Gasteiger partial charge in [0.25, 0.3) is 0 Å². The molecule has 0 bridgehead atoms. The smallest absolute Gasteiger partial charge is 0.331 e. The van der Waals surface area contributed by atoms with E-state index in [2.05, 4.69) is 11.8 Å². The molecule has 0 spiro atoms. The zero-order chi connectivity index (χ0) is 21.3. The van der Waals surface area contributed by atoms with E-state index in [1.807, 2.05) is 110 Å². The number of rotatable bonds is 2. The molecule has 2 heteroatoms. The van der Waals surface area contributed by atoms with Crippen LogP contribution in [0.2, 0.25) is 0 Å². The first-order valence-corrected chi connectivity index (χ1v) is 10.2. The van der Waals surface area contributed by atoms with Crippen molar-refractivity contribution in [2.45, 2.75) is 12.3 Å². The molecule has 1 aliphatic rings. The summed E-state index contributed by atoms with van der Waals surface area (Å²) in [7, 11) is 0. The molecule has 0 aromatic heterocycles. The molecule has 0 fully saturated rings. The molecule has 31 heavy (non-hydrogen) atoms. The second-order valence-electron chi connectivity index (χ2n) is 7.70. The van der Waals surface area contributed by atoms with Gasteiger partial charge in [0.2, 0.25) is 0 Å². The SMILES string of the molecule is Cc1ccc(C2(c3ccccc3)C(=O)Oc3cc(C#Cc4ccccc4)ccc32)cc1. The monoisotopic (exact) mass is 400 g/mol. The third-order valence-corrected chi connectivity index (χ3v) is 5.71. The molecule has 148 valence electrons. The fourth-order valence-electron chi connectivity index (χ4n) is 4.15. The van der Waals surface area contributed by atoms with E-state index in [1.165, 1.54) is 0 Å². The van der Waals surface area contributed by atoms with Crippen molar-refractivity contribution in [3.63, 3.8) is 0 Å². The number of esters is 1. The maximum absolute atomic E-state index is 13.5. The van der Waals surface area contributed by atoms with Crippen molar-refractivity contribution in [1.29, 1.82) is 0 Å². The summed E-state index contributed by atoms with van der Waals surface area (Å²) in [5.41, 5.74) is 4.54. The Hall–Kier alpha value is -4.09. The van der Waals surface area contributed by atoms with E-state index in [0.717, 1.165) is 33.4 Å². The third kappa shape index (κ3) is 3.21. The van der Waals surface area contributed by atoms with Crippen molar-refractivity contribution < 1.29 is 9.53 Å². The van der Waals surface area contributed by atoms with Crippen LogP contribution in [-0.2, 0) is 10.2 Å². The summed E-state index contributed by atoms with van der Waals surface area (Å²) < 4.78 is 5.85. The molecule has 1 aliphatic heterocycles. The average Bonchev–Trinajstić information content (AvgIpc) is 3.11. The van der Waals surface area contributed by atoms with Gasteiger partial charge in [-0.15, -0.1) is 0 Å². The van der Waals surface area contributed by atoms with Gasteiger partial charge in [0.15, 0.2) is 0 Å². The quantitative estimate of drug-likeness (QED) is 0.247. The number of fused-ring (bicyclic) bond motifs is 1. The predicted molar refractivity (Wildman–Crippen MR) is 122 cm³/mol. The van der Waals surface area contributed by atoms with Crippen LogP contribution in [0.15, 0.2) is 103 Å². The van der Waals surface area contributed by atoms with Crippen LogP contribution >= 0.6 is 0 Å². The zero-order valence-corrected chi connectivity index (χ0v) is 17.1. The van der Waals surface area contributed by atoms with E-state index in [1.54, 1.807) is 0 Å². The number of carbonyl (C=O) groups excluding carboxylic acids is 1. The Labute approximate surface area is 182 Å². The fourth-order valence-corrected chi connectivity index (χ4v) is 4.15. The topological polar surface area (TPSA) is 26.3 Å². The highest BCUT2D eigenvalue weighted by Crippen LogP contribution is 2.49. The number of hydrogen-bond acceptors (Lipinski definition) is 2. The van der Waals surface area contributed by atoms with Gasteiger partial charge >= 0.3 is 5.97 Å². The minimum atomic E-state index is -0.990. The minimum absolute atomic E-state index is 0.286. The predicted octanol–water partition coefficient (Wildman–Crippen LogP) is 5.65. The zero-order valence-electron chi connectivity index (χ0n) is 17.1. The van der Waals surface area contributed by atoms with Crippen LogP contribution in [0.25, 0.3) is 0 Å². The van der Waals surface area contributed by atoms with E-state index in [0.29, 0.717) is 5.75 Å². The first kappa shape index (κ1) is 18.9. The van der Waals surface area contributed by atoms with Crippen LogP contribution in [0, 0.1) is 18.8 Å². The lowest BCUT2D eigenvalue weighted by molar-refractivity contribution is -0.135. The van der Waals surface area contributed by atoms with E-state index < -0.39 is 5.41 Å². The Balaban J connectivity index is 1.66. The Morgan fingerprint density at radius 3 is 2.00 bits per heavy atom. The molecule has 1 heterocycles. The summed E-state index contributed by atoms with van der Waals surface area (Å²) in [6.07, 6.45) is 0. The lowest BCUT2D eigenvalue weighted by Crippen LogP contribution is -2.36. The number of carbonyl (C=O) groups is 1. The molecule has 1 atom stereocenters. The molecule has 0 saturated carbocycles. The summed E-state index contributed by atoms with van der Waals surface area (Å²) in [5, 5.41) is 0. The van der Waals surface area contributed by atoms with Gasteiger partial charge in [0.05, 0.1) is 0 Å². The first-order chi connectivity index (χ1) is 15.2. The molecule has 4 aromatic carbocycles. The summed E-state index contributed by atoms with van der Waals surface area (Å²) in [6.45, 7) is 2.04. The van der Waals surface area contributed by atoms with Crippen molar-refractivity contribution in [3.8, 4) is 17.6 Å². The van der Waals surface area contributed by atoms with Crippen molar-refractivity contribution >= 4 is 5.97 Å². The van der Waals surface area contributed by atoms with Gasteiger partial charge in [-0.1, -0.05) is 96.3 Å². The number of aryl methyl sites for hydroxylation is 1. The maximum Gasteiger partial charge on any atom is 0.331 e. The van der Waals surface area contributed by atoms with Crippen molar-refractivity contribution in [3.05, 3.63) is 137 Å². The molecule has 5 rings (SSSR count). The molecule has 1 unspecified atom stereocenters. The summed E-state index contributed by atoms with van der Waals surface area (Å²) in [6, 6.07) is 33.6. The number of ether oxygens (including phenoxy) is 1.